The lowest BCUT2D eigenvalue weighted by Crippen LogP contribution is -2.40. The minimum Gasteiger partial charge on any atom is -0.444 e. The van der Waals surface area contributed by atoms with Crippen LogP contribution in [0.1, 0.15) is 39.2 Å². The topological polar surface area (TPSA) is 58.2 Å². The second-order valence-corrected chi connectivity index (χ2v) is 6.89. The zero-order valence-electron chi connectivity index (χ0n) is 13.4. The molecule has 1 N–H and O–H groups in total. The Bertz CT molecular complexity index is 672. The van der Waals surface area contributed by atoms with Gasteiger partial charge in [-0.25, -0.2) is 4.79 Å². The van der Waals surface area contributed by atoms with Crippen LogP contribution in [0.5, 0.6) is 0 Å². The average molecular weight is 301 g/mol. The summed E-state index contributed by atoms with van der Waals surface area (Å²) in [6.07, 6.45) is 6.46. The van der Waals surface area contributed by atoms with Gasteiger partial charge in [0, 0.05) is 25.0 Å². The maximum Gasteiger partial charge on any atom is 0.410 e. The van der Waals surface area contributed by atoms with Crippen molar-refractivity contribution in [3.8, 4) is 0 Å². The van der Waals surface area contributed by atoms with Gasteiger partial charge in [0.25, 0.3) is 0 Å². The Kier molecular flexibility index (Phi) is 3.81. The van der Waals surface area contributed by atoms with Gasteiger partial charge in [0.1, 0.15) is 5.60 Å². The number of rotatable bonds is 2. The minimum absolute atomic E-state index is 0.191. The highest BCUT2D eigenvalue weighted by atomic mass is 16.6. The first kappa shape index (κ1) is 14.9. The zero-order valence-corrected chi connectivity index (χ0v) is 13.4. The minimum atomic E-state index is -0.452. The molecule has 2 aromatic rings. The van der Waals surface area contributed by atoms with Gasteiger partial charge in [0.2, 0.25) is 0 Å². The van der Waals surface area contributed by atoms with E-state index in [4.69, 9.17) is 4.74 Å². The molecule has 0 aromatic carbocycles. The molecule has 5 heteroatoms. The first-order valence-electron chi connectivity index (χ1n) is 7.84. The third-order valence-electron chi connectivity index (χ3n) is 3.97. The number of fused-ring (bicyclic) bond motifs is 1. The van der Waals surface area contributed by atoms with E-state index in [9.17, 15) is 4.79 Å². The molecule has 1 fully saturated rings. The van der Waals surface area contributed by atoms with E-state index >= 15 is 0 Å². The summed E-state index contributed by atoms with van der Waals surface area (Å²) in [5.41, 5.74) is 2.75. The SMILES string of the molecule is CC(C)(C)OC(=O)N1CCC[C@H]1Cc1c[nH]c2cccnc12. The average Bonchev–Trinajstić information content (AvgIpc) is 3.05. The Balaban J connectivity index is 1.75. The van der Waals surface area contributed by atoms with Crippen LogP contribution in [0.15, 0.2) is 24.5 Å². The van der Waals surface area contributed by atoms with Crippen molar-refractivity contribution in [2.75, 3.05) is 6.54 Å². The number of nitrogens with zero attached hydrogens (tertiary/aromatic N) is 2. The lowest BCUT2D eigenvalue weighted by molar-refractivity contribution is 0.0227. The van der Waals surface area contributed by atoms with Crippen LogP contribution in [0.25, 0.3) is 11.0 Å². The Morgan fingerprint density at radius 1 is 1.50 bits per heavy atom. The van der Waals surface area contributed by atoms with E-state index in [-0.39, 0.29) is 12.1 Å². The van der Waals surface area contributed by atoms with E-state index in [2.05, 4.69) is 9.97 Å². The zero-order chi connectivity index (χ0) is 15.7. The van der Waals surface area contributed by atoms with Crippen LogP contribution < -0.4 is 0 Å². The molecule has 0 spiro atoms. The molecule has 3 rings (SSSR count). The summed E-state index contributed by atoms with van der Waals surface area (Å²) in [5.74, 6) is 0. The van der Waals surface area contributed by atoms with Gasteiger partial charge in [-0.05, 0) is 57.7 Å². The van der Waals surface area contributed by atoms with Crippen LogP contribution in [0.3, 0.4) is 0 Å². The summed E-state index contributed by atoms with van der Waals surface area (Å²) < 4.78 is 5.52. The molecular weight excluding hydrogens is 278 g/mol. The number of ether oxygens (including phenoxy) is 1. The number of amides is 1. The second-order valence-electron chi connectivity index (χ2n) is 6.89. The lowest BCUT2D eigenvalue weighted by atomic mass is 10.1. The summed E-state index contributed by atoms with van der Waals surface area (Å²) in [6.45, 7) is 6.48. The predicted octanol–water partition coefficient (Wildman–Crippen LogP) is 3.50. The van der Waals surface area contributed by atoms with E-state index in [0.717, 1.165) is 42.4 Å². The van der Waals surface area contributed by atoms with Crippen LogP contribution in [-0.2, 0) is 11.2 Å². The summed E-state index contributed by atoms with van der Waals surface area (Å²) in [4.78, 5) is 21.9. The van der Waals surface area contributed by atoms with Gasteiger partial charge in [0.15, 0.2) is 0 Å². The fourth-order valence-electron chi connectivity index (χ4n) is 3.03. The lowest BCUT2D eigenvalue weighted by Gasteiger charge is -2.28. The first-order chi connectivity index (χ1) is 10.4. The van der Waals surface area contributed by atoms with Crippen molar-refractivity contribution in [1.82, 2.24) is 14.9 Å². The fraction of sp³-hybridized carbons (Fsp3) is 0.529. The van der Waals surface area contributed by atoms with Crippen molar-refractivity contribution >= 4 is 17.1 Å². The highest BCUT2D eigenvalue weighted by molar-refractivity contribution is 5.78. The number of aromatic amines is 1. The summed E-state index contributed by atoms with van der Waals surface area (Å²) >= 11 is 0. The predicted molar refractivity (Wildman–Crippen MR) is 85.8 cm³/mol. The number of carbonyl (C=O) groups excluding carboxylic acids is 1. The molecule has 0 aliphatic carbocycles. The van der Waals surface area contributed by atoms with E-state index in [1.807, 2.05) is 44.0 Å². The number of pyridine rings is 1. The summed E-state index contributed by atoms with van der Waals surface area (Å²) in [7, 11) is 0. The van der Waals surface area contributed by atoms with Crippen molar-refractivity contribution in [3.63, 3.8) is 0 Å². The normalized spacial score (nSPS) is 18.9. The third kappa shape index (κ3) is 3.08. The highest BCUT2D eigenvalue weighted by Crippen LogP contribution is 2.26. The molecule has 118 valence electrons. The third-order valence-corrected chi connectivity index (χ3v) is 3.97. The van der Waals surface area contributed by atoms with Crippen LogP contribution in [-0.4, -0.2) is 39.1 Å². The van der Waals surface area contributed by atoms with Crippen LogP contribution in [0, 0.1) is 0 Å². The van der Waals surface area contributed by atoms with E-state index in [0.29, 0.717) is 0 Å². The number of hydrogen-bond acceptors (Lipinski definition) is 3. The van der Waals surface area contributed by atoms with Crippen molar-refractivity contribution in [2.45, 2.75) is 51.7 Å². The maximum atomic E-state index is 12.3. The van der Waals surface area contributed by atoms with Gasteiger partial charge in [-0.2, -0.15) is 0 Å². The van der Waals surface area contributed by atoms with Gasteiger partial charge in [-0.3, -0.25) is 4.98 Å². The van der Waals surface area contributed by atoms with Gasteiger partial charge in [-0.1, -0.05) is 0 Å². The Morgan fingerprint density at radius 2 is 2.32 bits per heavy atom. The monoisotopic (exact) mass is 301 g/mol. The van der Waals surface area contributed by atoms with Gasteiger partial charge < -0.3 is 14.6 Å². The van der Waals surface area contributed by atoms with Gasteiger partial charge in [0.05, 0.1) is 11.0 Å². The molecule has 1 aliphatic rings. The van der Waals surface area contributed by atoms with E-state index in [1.54, 1.807) is 6.20 Å². The second kappa shape index (κ2) is 5.63. The number of likely N-dealkylation sites (tertiary alicyclic amines) is 1. The fourth-order valence-corrected chi connectivity index (χ4v) is 3.03. The smallest absolute Gasteiger partial charge is 0.410 e. The molecule has 1 aliphatic heterocycles. The Hall–Kier alpha value is -2.04. The standard InChI is InChI=1S/C17H23N3O2/c1-17(2,3)22-16(21)20-9-5-6-13(20)10-12-11-19-14-7-4-8-18-15(12)14/h4,7-8,11,13,19H,5-6,9-10H2,1-3H3/t13-/m0/s1. The Labute approximate surface area is 130 Å². The van der Waals surface area contributed by atoms with Crippen LogP contribution in [0.2, 0.25) is 0 Å². The maximum absolute atomic E-state index is 12.3. The summed E-state index contributed by atoms with van der Waals surface area (Å²) in [6, 6.07) is 4.13. The van der Waals surface area contributed by atoms with Gasteiger partial charge in [-0.15, -0.1) is 0 Å². The molecule has 0 unspecified atom stereocenters. The molecule has 1 amide bonds. The number of H-pyrrole nitrogens is 1. The molecule has 0 radical (unpaired) electrons. The quantitative estimate of drug-likeness (QED) is 0.923. The highest BCUT2D eigenvalue weighted by Gasteiger charge is 2.32. The molecule has 0 saturated carbocycles. The molecule has 1 saturated heterocycles. The Morgan fingerprint density at radius 3 is 3.09 bits per heavy atom. The molecule has 22 heavy (non-hydrogen) atoms. The van der Waals surface area contributed by atoms with E-state index in [1.165, 1.54) is 0 Å². The molecule has 0 bridgehead atoms. The molecule has 1 atom stereocenters. The largest absolute Gasteiger partial charge is 0.444 e. The van der Waals surface area contributed by atoms with Crippen LogP contribution in [0.4, 0.5) is 4.79 Å². The molecule has 3 heterocycles. The summed E-state index contributed by atoms with van der Waals surface area (Å²) in [5, 5.41) is 0. The van der Waals surface area contributed by atoms with Crippen molar-refractivity contribution in [1.29, 1.82) is 0 Å². The molecule has 5 nitrogen and oxygen atoms in total. The van der Waals surface area contributed by atoms with Crippen molar-refractivity contribution in [3.05, 3.63) is 30.1 Å². The van der Waals surface area contributed by atoms with Crippen molar-refractivity contribution in [2.24, 2.45) is 0 Å². The number of aromatic nitrogens is 2. The van der Waals surface area contributed by atoms with E-state index < -0.39 is 5.60 Å². The van der Waals surface area contributed by atoms with Crippen LogP contribution >= 0.6 is 0 Å². The molecule has 2 aromatic heterocycles. The number of nitrogens with one attached hydrogen (secondary N) is 1. The molecular formula is C17H23N3O2. The number of hydrogen-bond donors (Lipinski definition) is 1. The number of carbonyl (C=O) groups is 1. The first-order valence-corrected chi connectivity index (χ1v) is 7.84. The van der Waals surface area contributed by atoms with Crippen molar-refractivity contribution < 1.29 is 9.53 Å². The van der Waals surface area contributed by atoms with Gasteiger partial charge >= 0.3 is 6.09 Å².